The molecule has 28 heavy (non-hydrogen) atoms. The molecule has 0 spiro atoms. The predicted molar refractivity (Wildman–Crippen MR) is 112 cm³/mol. The number of ketones is 1. The summed E-state index contributed by atoms with van der Waals surface area (Å²) in [5.41, 5.74) is 3.65. The number of carbonyl (C=O) groups is 1. The van der Waals surface area contributed by atoms with Crippen molar-refractivity contribution in [3.8, 4) is 16.5 Å². The van der Waals surface area contributed by atoms with Crippen LogP contribution in [0.2, 0.25) is 0 Å². The fourth-order valence-electron chi connectivity index (χ4n) is 3.15. The summed E-state index contributed by atoms with van der Waals surface area (Å²) in [6.07, 6.45) is 1.77. The molecule has 6 nitrogen and oxygen atoms in total. The fourth-order valence-corrected chi connectivity index (χ4v) is 4.70. The Morgan fingerprint density at radius 1 is 1.18 bits per heavy atom. The van der Waals surface area contributed by atoms with Gasteiger partial charge in [0.25, 0.3) is 0 Å². The van der Waals surface area contributed by atoms with Crippen molar-refractivity contribution in [1.29, 1.82) is 0 Å². The van der Waals surface area contributed by atoms with Crippen LogP contribution in [0.25, 0.3) is 16.5 Å². The molecule has 3 heterocycles. The zero-order chi connectivity index (χ0) is 19.7. The Labute approximate surface area is 171 Å². The first-order chi connectivity index (χ1) is 13.6. The monoisotopic (exact) mass is 409 g/mol. The number of aryl methyl sites for hydroxylation is 1. The first-order valence-corrected chi connectivity index (χ1v) is 10.6. The second kappa shape index (κ2) is 7.73. The highest BCUT2D eigenvalue weighted by molar-refractivity contribution is 7.99. The van der Waals surface area contributed by atoms with E-state index in [4.69, 9.17) is 0 Å². The lowest BCUT2D eigenvalue weighted by atomic mass is 10.2. The van der Waals surface area contributed by atoms with E-state index in [1.54, 1.807) is 17.5 Å². The van der Waals surface area contributed by atoms with Crippen LogP contribution in [-0.2, 0) is 7.05 Å². The van der Waals surface area contributed by atoms with Gasteiger partial charge in [-0.2, -0.15) is 0 Å². The summed E-state index contributed by atoms with van der Waals surface area (Å²) in [5, 5.41) is 12.1. The number of hydrogen-bond donors (Lipinski definition) is 0. The first kappa shape index (κ1) is 18.6. The van der Waals surface area contributed by atoms with Gasteiger partial charge in [-0.25, -0.2) is 4.98 Å². The number of carbonyl (C=O) groups excluding carboxylic acids is 1. The van der Waals surface area contributed by atoms with E-state index in [1.165, 1.54) is 11.8 Å². The number of thioether (sulfide) groups is 1. The van der Waals surface area contributed by atoms with Crippen LogP contribution in [0.1, 0.15) is 21.7 Å². The number of Topliss-reactive ketones (excluding diaryl/α,β-unsaturated/α-hetero) is 1. The Hall–Kier alpha value is -2.71. The summed E-state index contributed by atoms with van der Waals surface area (Å²) >= 11 is 2.96. The molecule has 0 radical (unpaired) electrons. The molecule has 0 aliphatic heterocycles. The molecule has 0 aliphatic rings. The molecule has 0 N–H and O–H groups in total. The van der Waals surface area contributed by atoms with Crippen molar-refractivity contribution in [2.75, 3.05) is 5.75 Å². The van der Waals surface area contributed by atoms with Gasteiger partial charge < -0.3 is 4.57 Å². The Morgan fingerprint density at radius 2 is 1.96 bits per heavy atom. The number of rotatable bonds is 6. The highest BCUT2D eigenvalue weighted by atomic mass is 32.2. The van der Waals surface area contributed by atoms with E-state index in [-0.39, 0.29) is 5.78 Å². The Kier molecular flexibility index (Phi) is 5.15. The highest BCUT2D eigenvalue weighted by Gasteiger charge is 2.19. The van der Waals surface area contributed by atoms with E-state index < -0.39 is 0 Å². The second-order valence-corrected chi connectivity index (χ2v) is 8.19. The zero-order valence-corrected chi connectivity index (χ0v) is 17.4. The molecule has 0 aliphatic carbocycles. The van der Waals surface area contributed by atoms with Crippen LogP contribution in [0.15, 0.2) is 53.1 Å². The van der Waals surface area contributed by atoms with E-state index in [0.29, 0.717) is 5.75 Å². The molecule has 0 amide bonds. The van der Waals surface area contributed by atoms with Gasteiger partial charge in [0.2, 0.25) is 0 Å². The first-order valence-electron chi connectivity index (χ1n) is 8.76. The van der Waals surface area contributed by atoms with Gasteiger partial charge in [-0.3, -0.25) is 9.36 Å². The van der Waals surface area contributed by atoms with E-state index in [9.17, 15) is 4.79 Å². The average Bonchev–Trinajstić information content (AvgIpc) is 3.41. The number of thiazole rings is 1. The minimum atomic E-state index is 0.0742. The molecule has 3 aromatic heterocycles. The lowest BCUT2D eigenvalue weighted by molar-refractivity contribution is 0.102. The molecule has 0 bridgehead atoms. The maximum Gasteiger partial charge on any atom is 0.193 e. The third-order valence-corrected chi connectivity index (χ3v) is 6.32. The molecule has 0 saturated carbocycles. The van der Waals surface area contributed by atoms with Crippen molar-refractivity contribution in [1.82, 2.24) is 24.3 Å². The molecule has 0 saturated heterocycles. The van der Waals surface area contributed by atoms with E-state index >= 15 is 0 Å². The smallest absolute Gasteiger partial charge is 0.193 e. The number of hydrogen-bond acceptors (Lipinski definition) is 6. The third-order valence-electron chi connectivity index (χ3n) is 4.54. The summed E-state index contributed by atoms with van der Waals surface area (Å²) in [5.74, 6) is 1.17. The standard InChI is InChI=1S/C20H19N5OS2/c1-13-11-16(14(2)25(13)19-21-9-10-27-19)17(26)12-28-20-23-22-18(24(20)3)15-7-5-4-6-8-15/h4-11H,12H2,1-3H3. The zero-order valence-electron chi connectivity index (χ0n) is 15.8. The molecule has 0 unspecified atom stereocenters. The molecule has 0 atom stereocenters. The van der Waals surface area contributed by atoms with Crippen LogP contribution in [0, 0.1) is 13.8 Å². The molecule has 0 fully saturated rings. The Morgan fingerprint density at radius 3 is 2.68 bits per heavy atom. The van der Waals surface area contributed by atoms with Crippen molar-refractivity contribution >= 4 is 28.9 Å². The molecule has 142 valence electrons. The van der Waals surface area contributed by atoms with Crippen LogP contribution in [-0.4, -0.2) is 35.9 Å². The van der Waals surface area contributed by atoms with Gasteiger partial charge in [0.1, 0.15) is 0 Å². The number of aromatic nitrogens is 5. The normalized spacial score (nSPS) is 11.1. The summed E-state index contributed by atoms with van der Waals surface area (Å²) in [6.45, 7) is 3.95. The lowest BCUT2D eigenvalue weighted by Crippen LogP contribution is -2.06. The van der Waals surface area contributed by atoms with Gasteiger partial charge in [0.15, 0.2) is 21.9 Å². The molecule has 4 rings (SSSR count). The van der Waals surface area contributed by atoms with E-state index in [1.807, 2.05) is 71.8 Å². The SMILES string of the molecule is Cc1cc(C(=O)CSc2nnc(-c3ccccc3)n2C)c(C)n1-c1nccs1. The quantitative estimate of drug-likeness (QED) is 0.350. The molecule has 4 aromatic rings. The van der Waals surface area contributed by atoms with Crippen molar-refractivity contribution < 1.29 is 4.79 Å². The Bertz CT molecular complexity index is 1110. The van der Waals surface area contributed by atoms with Crippen LogP contribution >= 0.6 is 23.1 Å². The van der Waals surface area contributed by atoms with Gasteiger partial charge in [-0.1, -0.05) is 42.1 Å². The summed E-state index contributed by atoms with van der Waals surface area (Å²) in [6, 6.07) is 11.8. The number of nitrogens with zero attached hydrogens (tertiary/aromatic N) is 5. The minimum Gasteiger partial charge on any atom is -0.305 e. The highest BCUT2D eigenvalue weighted by Crippen LogP contribution is 2.26. The molecule has 8 heteroatoms. The maximum atomic E-state index is 12.9. The predicted octanol–water partition coefficient (Wildman–Crippen LogP) is 4.32. The van der Waals surface area contributed by atoms with Crippen LogP contribution < -0.4 is 0 Å². The fraction of sp³-hybridized carbons (Fsp3) is 0.200. The van der Waals surface area contributed by atoms with Crippen molar-refractivity contribution in [3.63, 3.8) is 0 Å². The minimum absolute atomic E-state index is 0.0742. The molecular weight excluding hydrogens is 390 g/mol. The van der Waals surface area contributed by atoms with Crippen molar-refractivity contribution in [2.24, 2.45) is 7.05 Å². The van der Waals surface area contributed by atoms with Gasteiger partial charge in [0, 0.05) is 41.1 Å². The van der Waals surface area contributed by atoms with Gasteiger partial charge in [0.05, 0.1) is 5.75 Å². The van der Waals surface area contributed by atoms with Gasteiger partial charge >= 0.3 is 0 Å². The van der Waals surface area contributed by atoms with Crippen LogP contribution in [0.5, 0.6) is 0 Å². The lowest BCUT2D eigenvalue weighted by Gasteiger charge is -2.06. The van der Waals surface area contributed by atoms with Gasteiger partial charge in [-0.05, 0) is 19.9 Å². The summed E-state index contributed by atoms with van der Waals surface area (Å²) < 4.78 is 3.95. The second-order valence-electron chi connectivity index (χ2n) is 6.38. The third kappa shape index (κ3) is 3.41. The summed E-state index contributed by atoms with van der Waals surface area (Å²) in [7, 11) is 1.92. The molecular formula is C20H19N5OS2. The average molecular weight is 410 g/mol. The van der Waals surface area contributed by atoms with Crippen molar-refractivity contribution in [2.45, 2.75) is 19.0 Å². The van der Waals surface area contributed by atoms with E-state index in [0.717, 1.165) is 38.6 Å². The van der Waals surface area contributed by atoms with Gasteiger partial charge in [-0.15, -0.1) is 21.5 Å². The van der Waals surface area contributed by atoms with E-state index in [2.05, 4.69) is 15.2 Å². The summed E-state index contributed by atoms with van der Waals surface area (Å²) in [4.78, 5) is 17.2. The largest absolute Gasteiger partial charge is 0.305 e. The van der Waals surface area contributed by atoms with Crippen molar-refractivity contribution in [3.05, 3.63) is 64.9 Å². The van der Waals surface area contributed by atoms with Crippen LogP contribution in [0.4, 0.5) is 0 Å². The Balaban J connectivity index is 1.52. The maximum absolute atomic E-state index is 12.9. The van der Waals surface area contributed by atoms with Crippen LogP contribution in [0.3, 0.4) is 0 Å². The molecule has 1 aromatic carbocycles. The number of benzene rings is 1. The topological polar surface area (TPSA) is 65.6 Å².